The lowest BCUT2D eigenvalue weighted by atomic mass is 10.1. The fourth-order valence-corrected chi connectivity index (χ4v) is 2.77. The number of hydrogen-bond acceptors (Lipinski definition) is 3. The molecule has 0 spiro atoms. The van der Waals surface area contributed by atoms with Crippen LogP contribution in [0.2, 0.25) is 0 Å². The summed E-state index contributed by atoms with van der Waals surface area (Å²) in [4.78, 5) is 14.4. The van der Waals surface area contributed by atoms with Crippen LogP contribution in [0.1, 0.15) is 18.4 Å². The number of ether oxygens (including phenoxy) is 1. The number of carbonyl (C=O) groups is 1. The van der Waals surface area contributed by atoms with Crippen LogP contribution in [0.4, 0.5) is 0 Å². The second kappa shape index (κ2) is 6.46. The van der Waals surface area contributed by atoms with E-state index in [4.69, 9.17) is 10.5 Å². The predicted octanol–water partition coefficient (Wildman–Crippen LogP) is 2.30. The Balaban J connectivity index is 1.79. The van der Waals surface area contributed by atoms with Crippen molar-refractivity contribution < 1.29 is 9.53 Å². The molecule has 0 aliphatic heterocycles. The summed E-state index contributed by atoms with van der Waals surface area (Å²) in [5.74, 6) is -0.0162. The van der Waals surface area contributed by atoms with Crippen LogP contribution < -0.4 is 5.73 Å². The lowest BCUT2D eigenvalue weighted by Gasteiger charge is -2.25. The normalized spacial score (nSPS) is 15.7. The zero-order valence-corrected chi connectivity index (χ0v) is 12.9. The van der Waals surface area contributed by atoms with Gasteiger partial charge in [0.05, 0.1) is 6.61 Å². The highest BCUT2D eigenvalue weighted by atomic mass is 16.5. The number of methoxy groups -OCH3 is 1. The Morgan fingerprint density at radius 2 is 2.00 bits per heavy atom. The second-order valence-corrected chi connectivity index (χ2v) is 5.94. The van der Waals surface area contributed by atoms with Gasteiger partial charge in [-0.2, -0.15) is 0 Å². The van der Waals surface area contributed by atoms with Gasteiger partial charge in [-0.1, -0.05) is 36.4 Å². The van der Waals surface area contributed by atoms with Crippen molar-refractivity contribution in [1.29, 1.82) is 0 Å². The summed E-state index contributed by atoms with van der Waals surface area (Å²) in [6, 6.07) is 14.4. The van der Waals surface area contributed by atoms with Crippen molar-refractivity contribution in [3.8, 4) is 0 Å². The Labute approximate surface area is 130 Å². The van der Waals surface area contributed by atoms with Gasteiger partial charge in [0.15, 0.2) is 0 Å². The van der Waals surface area contributed by atoms with Crippen LogP contribution in [0.3, 0.4) is 0 Å². The van der Waals surface area contributed by atoms with Crippen molar-refractivity contribution in [2.45, 2.75) is 31.5 Å². The van der Waals surface area contributed by atoms with Gasteiger partial charge in [-0.25, -0.2) is 0 Å². The SMILES string of the molecule is COCC(N)C(=O)N(Cc1ccc2ccccc2c1)C1CC1. The third-order valence-corrected chi connectivity index (χ3v) is 4.10. The smallest absolute Gasteiger partial charge is 0.242 e. The number of amides is 1. The molecule has 1 fully saturated rings. The first-order valence-electron chi connectivity index (χ1n) is 7.71. The molecule has 0 aromatic heterocycles. The second-order valence-electron chi connectivity index (χ2n) is 5.94. The number of benzene rings is 2. The fraction of sp³-hybridized carbons (Fsp3) is 0.389. The third-order valence-electron chi connectivity index (χ3n) is 4.10. The van der Waals surface area contributed by atoms with Crippen molar-refractivity contribution in [1.82, 2.24) is 4.90 Å². The Kier molecular flexibility index (Phi) is 4.41. The summed E-state index contributed by atoms with van der Waals surface area (Å²) in [5, 5.41) is 2.41. The highest BCUT2D eigenvalue weighted by Gasteiger charge is 2.34. The van der Waals surface area contributed by atoms with E-state index >= 15 is 0 Å². The molecule has 1 amide bonds. The molecule has 0 heterocycles. The summed E-state index contributed by atoms with van der Waals surface area (Å²) in [7, 11) is 1.57. The van der Waals surface area contributed by atoms with Gasteiger partial charge in [0.25, 0.3) is 0 Å². The maximum atomic E-state index is 12.5. The Bertz CT molecular complexity index is 667. The molecule has 1 unspecified atom stereocenters. The van der Waals surface area contributed by atoms with Crippen LogP contribution in [0.5, 0.6) is 0 Å². The van der Waals surface area contributed by atoms with E-state index in [2.05, 4.69) is 30.3 Å². The van der Waals surface area contributed by atoms with Gasteiger partial charge in [0, 0.05) is 19.7 Å². The molecule has 0 saturated heterocycles. The molecule has 2 aromatic carbocycles. The molecule has 2 aromatic rings. The first-order valence-corrected chi connectivity index (χ1v) is 7.71. The van der Waals surface area contributed by atoms with Crippen LogP contribution in [0.25, 0.3) is 10.8 Å². The lowest BCUT2D eigenvalue weighted by molar-refractivity contribution is -0.135. The largest absolute Gasteiger partial charge is 0.383 e. The van der Waals surface area contributed by atoms with Crippen molar-refractivity contribution in [2.75, 3.05) is 13.7 Å². The van der Waals surface area contributed by atoms with E-state index < -0.39 is 6.04 Å². The number of hydrogen-bond donors (Lipinski definition) is 1. The fourth-order valence-electron chi connectivity index (χ4n) is 2.77. The summed E-state index contributed by atoms with van der Waals surface area (Å²) < 4.78 is 5.01. The quantitative estimate of drug-likeness (QED) is 0.890. The molecule has 0 radical (unpaired) electrons. The van der Waals surface area contributed by atoms with Gasteiger partial charge in [-0.3, -0.25) is 4.79 Å². The van der Waals surface area contributed by atoms with E-state index in [9.17, 15) is 4.79 Å². The van der Waals surface area contributed by atoms with Gasteiger partial charge in [0.2, 0.25) is 5.91 Å². The average molecular weight is 298 g/mol. The van der Waals surface area contributed by atoms with E-state index in [0.717, 1.165) is 18.4 Å². The van der Waals surface area contributed by atoms with E-state index in [-0.39, 0.29) is 12.5 Å². The van der Waals surface area contributed by atoms with E-state index in [1.54, 1.807) is 7.11 Å². The van der Waals surface area contributed by atoms with Crippen LogP contribution >= 0.6 is 0 Å². The maximum absolute atomic E-state index is 12.5. The molecule has 4 nitrogen and oxygen atoms in total. The Morgan fingerprint density at radius 3 is 2.68 bits per heavy atom. The molecule has 2 N–H and O–H groups in total. The lowest BCUT2D eigenvalue weighted by Crippen LogP contribution is -2.46. The molecule has 1 atom stereocenters. The van der Waals surface area contributed by atoms with Gasteiger partial charge in [0.1, 0.15) is 6.04 Å². The number of fused-ring (bicyclic) bond motifs is 1. The molecule has 1 saturated carbocycles. The summed E-state index contributed by atoms with van der Waals surface area (Å²) >= 11 is 0. The minimum absolute atomic E-state index is 0.0162. The van der Waals surface area contributed by atoms with Crippen molar-refractivity contribution in [2.24, 2.45) is 5.73 Å². The zero-order chi connectivity index (χ0) is 15.5. The molecule has 1 aliphatic rings. The maximum Gasteiger partial charge on any atom is 0.242 e. The monoisotopic (exact) mass is 298 g/mol. The molecule has 4 heteroatoms. The predicted molar refractivity (Wildman–Crippen MR) is 87.4 cm³/mol. The van der Waals surface area contributed by atoms with Crippen LogP contribution in [0, 0.1) is 0 Å². The summed E-state index contributed by atoms with van der Waals surface area (Å²) in [6.45, 7) is 0.880. The van der Waals surface area contributed by atoms with E-state index in [0.29, 0.717) is 12.6 Å². The highest BCUT2D eigenvalue weighted by molar-refractivity contribution is 5.84. The molecular formula is C18H22N2O2. The minimum atomic E-state index is -0.578. The molecule has 1 aliphatic carbocycles. The summed E-state index contributed by atoms with van der Waals surface area (Å²) in [6.07, 6.45) is 2.14. The standard InChI is InChI=1S/C18H22N2O2/c1-22-12-17(19)18(21)20(16-8-9-16)11-13-6-7-14-4-2-3-5-15(14)10-13/h2-7,10,16-17H,8-9,11-12,19H2,1H3. The number of nitrogens with zero attached hydrogens (tertiary/aromatic N) is 1. The first kappa shape index (κ1) is 15.0. The average Bonchev–Trinajstić information content (AvgIpc) is 3.37. The molecule has 0 bridgehead atoms. The van der Waals surface area contributed by atoms with Crippen LogP contribution in [0.15, 0.2) is 42.5 Å². The Hall–Kier alpha value is -1.91. The highest BCUT2D eigenvalue weighted by Crippen LogP contribution is 2.29. The first-order chi connectivity index (χ1) is 10.7. The topological polar surface area (TPSA) is 55.6 Å². The summed E-state index contributed by atoms with van der Waals surface area (Å²) in [5.41, 5.74) is 7.06. The third kappa shape index (κ3) is 3.29. The minimum Gasteiger partial charge on any atom is -0.383 e. The van der Waals surface area contributed by atoms with E-state index in [1.165, 1.54) is 10.8 Å². The zero-order valence-electron chi connectivity index (χ0n) is 12.9. The van der Waals surface area contributed by atoms with Crippen molar-refractivity contribution in [3.05, 3.63) is 48.0 Å². The Morgan fingerprint density at radius 1 is 1.27 bits per heavy atom. The van der Waals surface area contributed by atoms with Gasteiger partial charge in [-0.15, -0.1) is 0 Å². The van der Waals surface area contributed by atoms with Gasteiger partial charge in [-0.05, 0) is 35.2 Å². The van der Waals surface area contributed by atoms with Gasteiger partial charge >= 0.3 is 0 Å². The number of rotatable bonds is 6. The van der Waals surface area contributed by atoms with Crippen LogP contribution in [-0.4, -0.2) is 36.6 Å². The molecule has 116 valence electrons. The van der Waals surface area contributed by atoms with Crippen molar-refractivity contribution >= 4 is 16.7 Å². The van der Waals surface area contributed by atoms with Gasteiger partial charge < -0.3 is 15.4 Å². The molecule has 22 heavy (non-hydrogen) atoms. The molecular weight excluding hydrogens is 276 g/mol. The molecule has 3 rings (SSSR count). The van der Waals surface area contributed by atoms with Crippen LogP contribution in [-0.2, 0) is 16.1 Å². The number of carbonyl (C=O) groups excluding carboxylic acids is 1. The number of nitrogens with two attached hydrogens (primary N) is 1. The van der Waals surface area contributed by atoms with Crippen molar-refractivity contribution in [3.63, 3.8) is 0 Å². The van der Waals surface area contributed by atoms with E-state index in [1.807, 2.05) is 17.0 Å².